The number of nitrogens with one attached hydrogen (secondary N) is 2. The molecule has 0 atom stereocenters. The minimum atomic E-state index is 0. The zero-order chi connectivity index (χ0) is 20.6. The number of guanidine groups is 1. The first kappa shape index (κ1) is 23.3. The zero-order valence-corrected chi connectivity index (χ0v) is 20.5. The first-order chi connectivity index (χ1) is 14.8. The van der Waals surface area contributed by atoms with Gasteiger partial charge in [-0.1, -0.05) is 61.4 Å². The molecule has 1 heterocycles. The minimum Gasteiger partial charge on any atom is -0.357 e. The number of halogens is 1. The fourth-order valence-corrected chi connectivity index (χ4v) is 4.07. The van der Waals surface area contributed by atoms with Gasteiger partial charge in [-0.05, 0) is 42.0 Å². The van der Waals surface area contributed by atoms with Crippen molar-refractivity contribution in [3.8, 4) is 11.1 Å². The lowest BCUT2D eigenvalue weighted by Crippen LogP contribution is -2.42. The molecule has 0 amide bonds. The number of benzene rings is 2. The average molecular weight is 529 g/mol. The van der Waals surface area contributed by atoms with E-state index in [1.54, 1.807) is 0 Å². The second kappa shape index (κ2) is 11.9. The van der Waals surface area contributed by atoms with Crippen LogP contribution in [0.1, 0.15) is 43.7 Å². The maximum atomic E-state index is 4.88. The van der Waals surface area contributed by atoms with Crippen molar-refractivity contribution in [1.29, 1.82) is 0 Å². The van der Waals surface area contributed by atoms with E-state index in [-0.39, 0.29) is 24.0 Å². The van der Waals surface area contributed by atoms with Crippen LogP contribution in [0.5, 0.6) is 0 Å². The van der Waals surface area contributed by atoms with Gasteiger partial charge in [0.05, 0.1) is 12.9 Å². The molecule has 1 aliphatic carbocycles. The summed E-state index contributed by atoms with van der Waals surface area (Å²) in [5, 5.41) is 7.01. The van der Waals surface area contributed by atoms with Crippen molar-refractivity contribution < 1.29 is 0 Å². The Morgan fingerprint density at radius 3 is 2.58 bits per heavy atom. The van der Waals surface area contributed by atoms with E-state index in [4.69, 9.17) is 4.99 Å². The maximum absolute atomic E-state index is 4.88. The van der Waals surface area contributed by atoms with Crippen molar-refractivity contribution in [2.45, 2.75) is 51.7 Å². The summed E-state index contributed by atoms with van der Waals surface area (Å²) >= 11 is 0. The third-order valence-electron chi connectivity index (χ3n) is 5.65. The van der Waals surface area contributed by atoms with Crippen LogP contribution < -0.4 is 10.6 Å². The molecule has 6 heteroatoms. The van der Waals surface area contributed by atoms with Gasteiger partial charge in [-0.3, -0.25) is 0 Å². The molecule has 0 saturated heterocycles. The third kappa shape index (κ3) is 6.56. The molecule has 0 radical (unpaired) electrons. The SMILES string of the molecule is CCNC(=NCc1ccccc1-c1ccc(Cn2ccnc2)cc1)NC1CCCC1.I. The van der Waals surface area contributed by atoms with Gasteiger partial charge in [-0.2, -0.15) is 0 Å². The van der Waals surface area contributed by atoms with Crippen molar-refractivity contribution in [2.24, 2.45) is 4.99 Å². The highest BCUT2D eigenvalue weighted by atomic mass is 127. The van der Waals surface area contributed by atoms with Gasteiger partial charge in [-0.25, -0.2) is 9.98 Å². The molecular weight excluding hydrogens is 497 g/mol. The topological polar surface area (TPSA) is 54.2 Å². The van der Waals surface area contributed by atoms with Crippen molar-refractivity contribution in [3.05, 3.63) is 78.4 Å². The molecule has 3 aromatic rings. The lowest BCUT2D eigenvalue weighted by atomic mass is 9.98. The van der Waals surface area contributed by atoms with Gasteiger partial charge < -0.3 is 15.2 Å². The summed E-state index contributed by atoms with van der Waals surface area (Å²) in [6.45, 7) is 4.49. The van der Waals surface area contributed by atoms with Crippen LogP contribution in [-0.2, 0) is 13.1 Å². The van der Waals surface area contributed by atoms with Crippen molar-refractivity contribution in [1.82, 2.24) is 20.2 Å². The van der Waals surface area contributed by atoms with E-state index >= 15 is 0 Å². The van der Waals surface area contributed by atoms with Gasteiger partial charge in [0.2, 0.25) is 0 Å². The van der Waals surface area contributed by atoms with Crippen LogP contribution in [0.4, 0.5) is 0 Å². The third-order valence-corrected chi connectivity index (χ3v) is 5.65. The molecule has 1 aliphatic rings. The Morgan fingerprint density at radius 1 is 1.10 bits per heavy atom. The Labute approximate surface area is 202 Å². The van der Waals surface area contributed by atoms with E-state index in [1.807, 2.05) is 18.7 Å². The Morgan fingerprint density at radius 2 is 1.87 bits per heavy atom. The van der Waals surface area contributed by atoms with Gasteiger partial charge in [0, 0.05) is 31.5 Å². The Balaban J connectivity index is 0.00000272. The van der Waals surface area contributed by atoms with E-state index in [2.05, 4.69) is 75.6 Å². The molecule has 1 saturated carbocycles. The zero-order valence-electron chi connectivity index (χ0n) is 18.1. The van der Waals surface area contributed by atoms with Gasteiger partial charge in [0.15, 0.2) is 5.96 Å². The summed E-state index contributed by atoms with van der Waals surface area (Å²) < 4.78 is 2.08. The molecule has 1 fully saturated rings. The highest BCUT2D eigenvalue weighted by Crippen LogP contribution is 2.25. The number of imidazole rings is 1. The minimum absolute atomic E-state index is 0. The van der Waals surface area contributed by atoms with E-state index in [0.29, 0.717) is 12.6 Å². The van der Waals surface area contributed by atoms with Crippen LogP contribution in [-0.4, -0.2) is 28.1 Å². The van der Waals surface area contributed by atoms with Crippen LogP contribution in [0.2, 0.25) is 0 Å². The van der Waals surface area contributed by atoms with Gasteiger partial charge in [0.25, 0.3) is 0 Å². The van der Waals surface area contributed by atoms with Gasteiger partial charge >= 0.3 is 0 Å². The highest BCUT2D eigenvalue weighted by Gasteiger charge is 2.16. The van der Waals surface area contributed by atoms with Crippen LogP contribution in [0.25, 0.3) is 11.1 Å². The normalized spacial score (nSPS) is 14.3. The predicted octanol–water partition coefficient (Wildman–Crippen LogP) is 5.21. The Bertz CT molecular complexity index is 944. The Kier molecular flexibility index (Phi) is 8.94. The molecule has 0 aliphatic heterocycles. The maximum Gasteiger partial charge on any atom is 0.191 e. The predicted molar refractivity (Wildman–Crippen MR) is 139 cm³/mol. The first-order valence-corrected chi connectivity index (χ1v) is 11.0. The first-order valence-electron chi connectivity index (χ1n) is 11.0. The fourth-order valence-electron chi connectivity index (χ4n) is 4.07. The van der Waals surface area contributed by atoms with E-state index in [9.17, 15) is 0 Å². The molecule has 4 rings (SSSR count). The molecule has 5 nitrogen and oxygen atoms in total. The molecule has 1 aromatic heterocycles. The number of hydrogen-bond acceptors (Lipinski definition) is 2. The smallest absolute Gasteiger partial charge is 0.191 e. The van der Waals surface area contributed by atoms with Crippen molar-refractivity contribution in [2.75, 3.05) is 6.54 Å². The fraction of sp³-hybridized carbons (Fsp3) is 0.360. The molecule has 2 aromatic carbocycles. The standard InChI is InChI=1S/C25H31N5.HI/c1-2-27-25(29-23-8-4-5-9-23)28-17-22-7-3-6-10-24(22)21-13-11-20(12-14-21)18-30-16-15-26-19-30;/h3,6-7,10-16,19,23H,2,4-5,8-9,17-18H2,1H3,(H2,27,28,29);1H. The monoisotopic (exact) mass is 529 g/mol. The summed E-state index contributed by atoms with van der Waals surface area (Å²) in [5.74, 6) is 0.926. The molecule has 164 valence electrons. The second-order valence-corrected chi connectivity index (χ2v) is 7.91. The summed E-state index contributed by atoms with van der Waals surface area (Å²) in [6, 6.07) is 17.9. The summed E-state index contributed by atoms with van der Waals surface area (Å²) in [6.07, 6.45) is 10.8. The summed E-state index contributed by atoms with van der Waals surface area (Å²) in [4.78, 5) is 9.00. The molecule has 0 unspecified atom stereocenters. The number of nitrogens with zero attached hydrogens (tertiary/aromatic N) is 3. The quantitative estimate of drug-likeness (QED) is 0.251. The number of aromatic nitrogens is 2. The van der Waals surface area contributed by atoms with Crippen LogP contribution in [0.3, 0.4) is 0 Å². The molecule has 0 bridgehead atoms. The Hall–Kier alpha value is -2.35. The summed E-state index contributed by atoms with van der Waals surface area (Å²) in [5.41, 5.74) is 4.97. The second-order valence-electron chi connectivity index (χ2n) is 7.91. The highest BCUT2D eigenvalue weighted by molar-refractivity contribution is 14.0. The number of aliphatic imine (C=N–C) groups is 1. The van der Waals surface area contributed by atoms with Crippen LogP contribution in [0, 0.1) is 0 Å². The van der Waals surface area contributed by atoms with Crippen LogP contribution >= 0.6 is 24.0 Å². The molecule has 31 heavy (non-hydrogen) atoms. The number of hydrogen-bond donors (Lipinski definition) is 2. The average Bonchev–Trinajstić information content (AvgIpc) is 3.47. The summed E-state index contributed by atoms with van der Waals surface area (Å²) in [7, 11) is 0. The molecular formula is C25H32IN5. The lowest BCUT2D eigenvalue weighted by molar-refractivity contribution is 0.614. The van der Waals surface area contributed by atoms with E-state index in [0.717, 1.165) is 19.0 Å². The van der Waals surface area contributed by atoms with E-state index in [1.165, 1.54) is 47.9 Å². The largest absolute Gasteiger partial charge is 0.357 e. The van der Waals surface area contributed by atoms with Crippen molar-refractivity contribution >= 4 is 29.9 Å². The molecule has 2 N–H and O–H groups in total. The number of rotatable bonds is 7. The van der Waals surface area contributed by atoms with Gasteiger partial charge in [-0.15, -0.1) is 24.0 Å². The van der Waals surface area contributed by atoms with Crippen molar-refractivity contribution in [3.63, 3.8) is 0 Å². The molecule has 0 spiro atoms. The lowest BCUT2D eigenvalue weighted by Gasteiger charge is -2.17. The van der Waals surface area contributed by atoms with Crippen LogP contribution in [0.15, 0.2) is 72.2 Å². The van der Waals surface area contributed by atoms with Gasteiger partial charge in [0.1, 0.15) is 0 Å². The van der Waals surface area contributed by atoms with E-state index < -0.39 is 0 Å².